The van der Waals surface area contributed by atoms with Crippen LogP contribution in [0.3, 0.4) is 0 Å². The monoisotopic (exact) mass is 216 g/mol. The van der Waals surface area contributed by atoms with Crippen LogP contribution in [0.5, 0.6) is 0 Å². The molecule has 0 aliphatic carbocycles. The lowest BCUT2D eigenvalue weighted by molar-refractivity contribution is -0.689. The molecule has 0 unspecified atom stereocenters. The summed E-state index contributed by atoms with van der Waals surface area (Å²) < 4.78 is 15.0. The molecule has 0 N–H and O–H groups in total. The Bertz CT molecular complexity index is 532. The first-order chi connectivity index (χ1) is 7.59. The molecule has 0 saturated carbocycles. The van der Waals surface area contributed by atoms with E-state index in [9.17, 15) is 4.39 Å². The van der Waals surface area contributed by atoms with E-state index in [1.165, 1.54) is 17.2 Å². The van der Waals surface area contributed by atoms with Gasteiger partial charge in [-0.1, -0.05) is 17.7 Å². The second-order valence-electron chi connectivity index (χ2n) is 4.11. The smallest absolute Gasteiger partial charge is 0.169 e. The second-order valence-corrected chi connectivity index (χ2v) is 4.11. The highest BCUT2D eigenvalue weighted by Gasteiger charge is 2.15. The molecule has 1 aromatic carbocycles. The number of pyridine rings is 1. The predicted molar refractivity (Wildman–Crippen MR) is 62.5 cm³/mol. The average Bonchev–Trinajstić information content (AvgIpc) is 2.23. The van der Waals surface area contributed by atoms with Crippen LogP contribution in [0.4, 0.5) is 4.39 Å². The molecule has 1 aromatic heterocycles. The topological polar surface area (TPSA) is 3.88 Å². The van der Waals surface area contributed by atoms with Crippen molar-refractivity contribution < 1.29 is 8.96 Å². The lowest BCUT2D eigenvalue weighted by atomic mass is 10.0. The van der Waals surface area contributed by atoms with Crippen LogP contribution >= 0.6 is 0 Å². The molecule has 0 radical (unpaired) electrons. The van der Waals surface area contributed by atoms with Crippen molar-refractivity contribution in [3.63, 3.8) is 0 Å². The van der Waals surface area contributed by atoms with Crippen molar-refractivity contribution in [2.24, 2.45) is 7.05 Å². The summed E-state index contributed by atoms with van der Waals surface area (Å²) in [6, 6.07) is 11.3. The first kappa shape index (κ1) is 10.8. The summed E-state index contributed by atoms with van der Waals surface area (Å²) in [7, 11) is 1.74. The maximum atomic E-state index is 13.4. The van der Waals surface area contributed by atoms with Gasteiger partial charge in [0.25, 0.3) is 0 Å². The maximum Gasteiger partial charge on any atom is 0.359 e. The zero-order chi connectivity index (χ0) is 11.7. The van der Waals surface area contributed by atoms with E-state index in [4.69, 9.17) is 0 Å². The van der Waals surface area contributed by atoms with Crippen LogP contribution in [0.25, 0.3) is 11.3 Å². The third kappa shape index (κ3) is 1.83. The highest BCUT2D eigenvalue weighted by Crippen LogP contribution is 2.21. The van der Waals surface area contributed by atoms with E-state index in [1.54, 1.807) is 17.7 Å². The Morgan fingerprint density at radius 3 is 2.50 bits per heavy atom. The summed E-state index contributed by atoms with van der Waals surface area (Å²) in [5.74, 6) is -0.225. The van der Waals surface area contributed by atoms with Gasteiger partial charge in [0.2, 0.25) is 5.69 Å². The van der Waals surface area contributed by atoms with Crippen molar-refractivity contribution in [2.45, 2.75) is 13.8 Å². The van der Waals surface area contributed by atoms with Crippen LogP contribution in [-0.2, 0) is 7.05 Å². The van der Waals surface area contributed by atoms with E-state index in [0.29, 0.717) is 0 Å². The molecule has 0 fully saturated rings. The third-order valence-corrected chi connectivity index (χ3v) is 2.83. The summed E-state index contributed by atoms with van der Waals surface area (Å²) in [5, 5.41) is 0. The Kier molecular flexibility index (Phi) is 2.73. The van der Waals surface area contributed by atoms with Crippen molar-refractivity contribution in [1.82, 2.24) is 0 Å². The van der Waals surface area contributed by atoms with Gasteiger partial charge in [-0.2, -0.15) is 4.57 Å². The number of hydrogen-bond acceptors (Lipinski definition) is 0. The Balaban J connectivity index is 2.63. The van der Waals surface area contributed by atoms with E-state index < -0.39 is 0 Å². The zero-order valence-electron chi connectivity index (χ0n) is 9.79. The fourth-order valence-corrected chi connectivity index (χ4v) is 1.93. The third-order valence-electron chi connectivity index (χ3n) is 2.83. The number of nitrogens with zero attached hydrogens (tertiary/aromatic N) is 1. The predicted octanol–water partition coefficient (Wildman–Crippen LogP) is 2.93. The highest BCUT2D eigenvalue weighted by atomic mass is 19.1. The van der Waals surface area contributed by atoms with Gasteiger partial charge in [-0.3, -0.25) is 0 Å². The molecule has 2 aromatic rings. The van der Waals surface area contributed by atoms with Crippen molar-refractivity contribution in [1.29, 1.82) is 0 Å². The molecular weight excluding hydrogens is 201 g/mol. The number of rotatable bonds is 1. The molecule has 1 heterocycles. The minimum absolute atomic E-state index is 0.225. The molecule has 16 heavy (non-hydrogen) atoms. The molecular formula is C14H15FN+. The molecule has 0 amide bonds. The molecule has 2 rings (SSSR count). The molecule has 0 aliphatic heterocycles. The van der Waals surface area contributed by atoms with Crippen molar-refractivity contribution in [3.05, 3.63) is 53.5 Å². The quantitative estimate of drug-likeness (QED) is 0.509. The fraction of sp³-hybridized carbons (Fsp3) is 0.214. The van der Waals surface area contributed by atoms with Crippen molar-refractivity contribution >= 4 is 0 Å². The number of hydrogen-bond donors (Lipinski definition) is 0. The summed E-state index contributed by atoms with van der Waals surface area (Å²) >= 11 is 0. The first-order valence-electron chi connectivity index (χ1n) is 5.32. The van der Waals surface area contributed by atoms with Crippen molar-refractivity contribution in [2.75, 3.05) is 0 Å². The fourth-order valence-electron chi connectivity index (χ4n) is 1.93. The molecule has 0 saturated heterocycles. The van der Waals surface area contributed by atoms with Crippen LogP contribution < -0.4 is 4.57 Å². The molecule has 1 nitrogen and oxygen atoms in total. The summed E-state index contributed by atoms with van der Waals surface area (Å²) in [5.41, 5.74) is 4.37. The SMILES string of the molecule is Cc1ccc(-c2cccc(F)[n+]2C)c(C)c1. The lowest BCUT2D eigenvalue weighted by Crippen LogP contribution is -2.35. The number of aromatic nitrogens is 1. The highest BCUT2D eigenvalue weighted by molar-refractivity contribution is 5.61. The largest absolute Gasteiger partial charge is 0.359 e. The van der Waals surface area contributed by atoms with Crippen LogP contribution in [0.2, 0.25) is 0 Å². The van der Waals surface area contributed by atoms with Gasteiger partial charge in [-0.15, -0.1) is 4.39 Å². The van der Waals surface area contributed by atoms with Crippen molar-refractivity contribution in [3.8, 4) is 11.3 Å². The molecule has 0 bridgehead atoms. The standard InChI is InChI=1S/C14H15FN/c1-10-7-8-12(11(2)9-10)13-5-4-6-14(15)16(13)3/h4-9H,1-3H3/q+1. The summed E-state index contributed by atoms with van der Waals surface area (Å²) in [6.45, 7) is 4.11. The van der Waals surface area contributed by atoms with Gasteiger partial charge in [0.1, 0.15) is 7.05 Å². The average molecular weight is 216 g/mol. The van der Waals surface area contributed by atoms with Crippen LogP contribution in [0, 0.1) is 19.8 Å². The van der Waals surface area contributed by atoms with Gasteiger partial charge in [0, 0.05) is 17.7 Å². The van der Waals surface area contributed by atoms with E-state index in [2.05, 4.69) is 13.0 Å². The maximum absolute atomic E-state index is 13.4. The van der Waals surface area contributed by atoms with Gasteiger partial charge in [-0.05, 0) is 31.5 Å². The second kappa shape index (κ2) is 4.05. The molecule has 0 aliphatic rings. The minimum Gasteiger partial charge on any atom is -0.169 e. The number of aryl methyl sites for hydroxylation is 2. The minimum atomic E-state index is -0.225. The van der Waals surface area contributed by atoms with Gasteiger partial charge in [0.05, 0.1) is 0 Å². The van der Waals surface area contributed by atoms with E-state index in [0.717, 1.165) is 11.3 Å². The van der Waals surface area contributed by atoms with Gasteiger partial charge in [0.15, 0.2) is 0 Å². The summed E-state index contributed by atoms with van der Waals surface area (Å²) in [4.78, 5) is 0. The molecule has 0 spiro atoms. The Labute approximate surface area is 95.2 Å². The lowest BCUT2D eigenvalue weighted by Gasteiger charge is -2.05. The zero-order valence-corrected chi connectivity index (χ0v) is 9.79. The van der Waals surface area contributed by atoms with Gasteiger partial charge >= 0.3 is 5.95 Å². The Morgan fingerprint density at radius 2 is 1.81 bits per heavy atom. The Morgan fingerprint density at radius 1 is 1.06 bits per heavy atom. The van der Waals surface area contributed by atoms with E-state index >= 15 is 0 Å². The number of halogens is 1. The first-order valence-corrected chi connectivity index (χ1v) is 5.32. The normalized spacial score (nSPS) is 10.5. The molecule has 0 atom stereocenters. The van der Waals surface area contributed by atoms with Gasteiger partial charge < -0.3 is 0 Å². The van der Waals surface area contributed by atoms with Gasteiger partial charge in [-0.25, -0.2) is 0 Å². The van der Waals surface area contributed by atoms with Crippen LogP contribution in [-0.4, -0.2) is 0 Å². The summed E-state index contributed by atoms with van der Waals surface area (Å²) in [6.07, 6.45) is 0. The van der Waals surface area contributed by atoms with E-state index in [-0.39, 0.29) is 5.95 Å². The van der Waals surface area contributed by atoms with Crippen LogP contribution in [0.1, 0.15) is 11.1 Å². The Hall–Kier alpha value is -1.70. The van der Waals surface area contributed by atoms with Crippen LogP contribution in [0.15, 0.2) is 36.4 Å². The molecule has 82 valence electrons. The van der Waals surface area contributed by atoms with E-state index in [1.807, 2.05) is 25.1 Å². The molecule has 2 heteroatoms. The number of benzene rings is 1.